The molecule has 0 aromatic heterocycles. The van der Waals surface area contributed by atoms with E-state index in [1.807, 2.05) is 30.0 Å². The van der Waals surface area contributed by atoms with Gasteiger partial charge in [0.1, 0.15) is 0 Å². The summed E-state index contributed by atoms with van der Waals surface area (Å²) in [5.74, 6) is 0. The van der Waals surface area contributed by atoms with E-state index in [-0.39, 0.29) is 24.2 Å². The molecule has 2 rings (SSSR count). The predicted molar refractivity (Wildman–Crippen MR) is 93.4 cm³/mol. The molecular formula is C19H30N2O2. The van der Waals surface area contributed by atoms with Crippen molar-refractivity contribution >= 4 is 6.03 Å². The summed E-state index contributed by atoms with van der Waals surface area (Å²) in [4.78, 5) is 14.6. The maximum absolute atomic E-state index is 12.7. The molecule has 4 heteroatoms. The molecule has 2 amide bonds. The first-order valence-corrected chi connectivity index (χ1v) is 8.93. The first kappa shape index (κ1) is 17.8. The van der Waals surface area contributed by atoms with Crippen LogP contribution in [0.3, 0.4) is 0 Å². The number of carbonyl (C=O) groups excluding carboxylic acids is 1. The van der Waals surface area contributed by atoms with Gasteiger partial charge in [-0.15, -0.1) is 0 Å². The SMILES string of the molecule is CCC(Cc1ccccc1)N(CC)C(=O)NC1CCC(O)CC1. The van der Waals surface area contributed by atoms with Crippen molar-refractivity contribution in [3.63, 3.8) is 0 Å². The van der Waals surface area contributed by atoms with Crippen LogP contribution in [0.25, 0.3) is 0 Å². The molecule has 1 aliphatic carbocycles. The van der Waals surface area contributed by atoms with Crippen LogP contribution in [0.4, 0.5) is 4.79 Å². The van der Waals surface area contributed by atoms with Crippen LogP contribution in [-0.4, -0.2) is 40.8 Å². The van der Waals surface area contributed by atoms with Gasteiger partial charge in [-0.3, -0.25) is 0 Å². The largest absolute Gasteiger partial charge is 0.393 e. The molecule has 0 bridgehead atoms. The average molecular weight is 318 g/mol. The lowest BCUT2D eigenvalue weighted by Gasteiger charge is -2.33. The van der Waals surface area contributed by atoms with Gasteiger partial charge in [0.15, 0.2) is 0 Å². The number of rotatable bonds is 6. The van der Waals surface area contributed by atoms with Gasteiger partial charge in [0.2, 0.25) is 0 Å². The Labute approximate surface area is 139 Å². The summed E-state index contributed by atoms with van der Waals surface area (Å²) in [5.41, 5.74) is 1.27. The standard InChI is InChI=1S/C19H30N2O2/c1-3-17(14-15-8-6-5-7-9-15)21(4-2)19(23)20-16-10-12-18(22)13-11-16/h5-9,16-18,22H,3-4,10-14H2,1-2H3,(H,20,23). The summed E-state index contributed by atoms with van der Waals surface area (Å²) in [5, 5.41) is 12.8. The molecule has 0 heterocycles. The highest BCUT2D eigenvalue weighted by molar-refractivity contribution is 5.75. The highest BCUT2D eigenvalue weighted by Crippen LogP contribution is 2.19. The fourth-order valence-corrected chi connectivity index (χ4v) is 3.41. The molecule has 1 unspecified atom stereocenters. The van der Waals surface area contributed by atoms with Crippen LogP contribution in [0.5, 0.6) is 0 Å². The van der Waals surface area contributed by atoms with Crippen molar-refractivity contribution in [2.45, 2.75) is 70.6 Å². The van der Waals surface area contributed by atoms with E-state index in [0.29, 0.717) is 6.54 Å². The molecular weight excluding hydrogens is 288 g/mol. The first-order valence-electron chi connectivity index (χ1n) is 8.93. The van der Waals surface area contributed by atoms with E-state index >= 15 is 0 Å². The Morgan fingerprint density at radius 3 is 2.43 bits per heavy atom. The molecule has 1 aromatic carbocycles. The monoisotopic (exact) mass is 318 g/mol. The number of nitrogens with one attached hydrogen (secondary N) is 1. The van der Waals surface area contributed by atoms with Gasteiger partial charge < -0.3 is 15.3 Å². The lowest BCUT2D eigenvalue weighted by atomic mass is 9.93. The van der Waals surface area contributed by atoms with E-state index in [1.54, 1.807) is 0 Å². The molecule has 1 saturated carbocycles. The highest BCUT2D eigenvalue weighted by Gasteiger charge is 2.25. The van der Waals surface area contributed by atoms with E-state index in [1.165, 1.54) is 5.56 Å². The molecule has 0 aliphatic heterocycles. The number of urea groups is 1. The molecule has 4 nitrogen and oxygen atoms in total. The second-order valence-electron chi connectivity index (χ2n) is 6.49. The van der Waals surface area contributed by atoms with Gasteiger partial charge in [-0.1, -0.05) is 37.3 Å². The number of amides is 2. The molecule has 0 spiro atoms. The third kappa shape index (κ3) is 5.24. The van der Waals surface area contributed by atoms with Crippen LogP contribution in [0.1, 0.15) is 51.5 Å². The van der Waals surface area contributed by atoms with Crippen LogP contribution in [-0.2, 0) is 6.42 Å². The van der Waals surface area contributed by atoms with Crippen LogP contribution in [0.2, 0.25) is 0 Å². The van der Waals surface area contributed by atoms with Crippen molar-refractivity contribution in [1.29, 1.82) is 0 Å². The zero-order chi connectivity index (χ0) is 16.7. The van der Waals surface area contributed by atoms with E-state index < -0.39 is 0 Å². The third-order valence-electron chi connectivity index (χ3n) is 4.85. The van der Waals surface area contributed by atoms with Crippen molar-refractivity contribution in [2.75, 3.05) is 6.54 Å². The van der Waals surface area contributed by atoms with Gasteiger partial charge in [-0.2, -0.15) is 0 Å². The van der Waals surface area contributed by atoms with Crippen molar-refractivity contribution in [3.8, 4) is 0 Å². The Hall–Kier alpha value is -1.55. The predicted octanol–water partition coefficient (Wildman–Crippen LogP) is 3.34. The molecule has 2 N–H and O–H groups in total. The second-order valence-corrected chi connectivity index (χ2v) is 6.49. The zero-order valence-corrected chi connectivity index (χ0v) is 14.4. The van der Waals surface area contributed by atoms with Crippen molar-refractivity contribution in [3.05, 3.63) is 35.9 Å². The van der Waals surface area contributed by atoms with Crippen molar-refractivity contribution < 1.29 is 9.90 Å². The number of carbonyl (C=O) groups is 1. The molecule has 0 radical (unpaired) electrons. The highest BCUT2D eigenvalue weighted by atomic mass is 16.3. The molecule has 23 heavy (non-hydrogen) atoms. The molecule has 1 aliphatic rings. The van der Waals surface area contributed by atoms with Crippen LogP contribution in [0, 0.1) is 0 Å². The molecule has 128 valence electrons. The van der Waals surface area contributed by atoms with Gasteiger partial charge in [0.25, 0.3) is 0 Å². The quantitative estimate of drug-likeness (QED) is 0.845. The third-order valence-corrected chi connectivity index (χ3v) is 4.85. The Morgan fingerprint density at radius 2 is 1.87 bits per heavy atom. The van der Waals surface area contributed by atoms with E-state index in [0.717, 1.165) is 38.5 Å². The Morgan fingerprint density at radius 1 is 1.22 bits per heavy atom. The molecule has 0 saturated heterocycles. The van der Waals surface area contributed by atoms with Crippen molar-refractivity contribution in [2.24, 2.45) is 0 Å². The number of aliphatic hydroxyl groups is 1. The zero-order valence-electron chi connectivity index (χ0n) is 14.4. The van der Waals surface area contributed by atoms with Gasteiger partial charge in [0.05, 0.1) is 6.10 Å². The first-order chi connectivity index (χ1) is 11.1. The summed E-state index contributed by atoms with van der Waals surface area (Å²) in [6.07, 6.45) is 4.98. The van der Waals surface area contributed by atoms with Gasteiger partial charge in [-0.05, 0) is 51.0 Å². The summed E-state index contributed by atoms with van der Waals surface area (Å²) in [6, 6.07) is 10.8. The maximum atomic E-state index is 12.7. The summed E-state index contributed by atoms with van der Waals surface area (Å²) < 4.78 is 0. The van der Waals surface area contributed by atoms with Crippen LogP contribution in [0.15, 0.2) is 30.3 Å². The number of aliphatic hydroxyl groups excluding tert-OH is 1. The van der Waals surface area contributed by atoms with Gasteiger partial charge in [-0.25, -0.2) is 4.79 Å². The fraction of sp³-hybridized carbons (Fsp3) is 0.632. The smallest absolute Gasteiger partial charge is 0.317 e. The van der Waals surface area contributed by atoms with Crippen molar-refractivity contribution in [1.82, 2.24) is 10.2 Å². The lowest BCUT2D eigenvalue weighted by molar-refractivity contribution is 0.113. The van der Waals surface area contributed by atoms with Crippen LogP contribution >= 0.6 is 0 Å². The second kappa shape index (κ2) is 8.92. The number of hydrogen-bond acceptors (Lipinski definition) is 2. The molecule has 1 fully saturated rings. The average Bonchev–Trinajstić information content (AvgIpc) is 2.57. The topological polar surface area (TPSA) is 52.6 Å². The number of nitrogens with zero attached hydrogens (tertiary/aromatic N) is 1. The maximum Gasteiger partial charge on any atom is 0.317 e. The molecule has 1 aromatic rings. The Balaban J connectivity index is 1.94. The fourth-order valence-electron chi connectivity index (χ4n) is 3.41. The normalized spacial score (nSPS) is 22.4. The minimum Gasteiger partial charge on any atom is -0.393 e. The minimum atomic E-state index is -0.188. The Bertz CT molecular complexity index is 470. The summed E-state index contributed by atoms with van der Waals surface area (Å²) in [7, 11) is 0. The minimum absolute atomic E-state index is 0.0386. The number of benzene rings is 1. The Kier molecular flexibility index (Phi) is 6.90. The summed E-state index contributed by atoms with van der Waals surface area (Å²) >= 11 is 0. The van der Waals surface area contributed by atoms with E-state index in [9.17, 15) is 9.90 Å². The van der Waals surface area contributed by atoms with Crippen LogP contribution < -0.4 is 5.32 Å². The number of likely N-dealkylation sites (N-methyl/N-ethyl adjacent to an activating group) is 1. The number of hydrogen-bond donors (Lipinski definition) is 2. The van der Waals surface area contributed by atoms with E-state index in [2.05, 4.69) is 24.4 Å². The van der Waals surface area contributed by atoms with Gasteiger partial charge >= 0.3 is 6.03 Å². The molecule has 1 atom stereocenters. The lowest BCUT2D eigenvalue weighted by Crippen LogP contribution is -2.50. The summed E-state index contributed by atoms with van der Waals surface area (Å²) in [6.45, 7) is 4.89. The van der Waals surface area contributed by atoms with E-state index in [4.69, 9.17) is 0 Å². The van der Waals surface area contributed by atoms with Gasteiger partial charge in [0, 0.05) is 18.6 Å².